The van der Waals surface area contributed by atoms with Gasteiger partial charge in [0.15, 0.2) is 0 Å². The van der Waals surface area contributed by atoms with Gasteiger partial charge in [-0.2, -0.15) is 0 Å². The maximum absolute atomic E-state index is 11.6. The largest absolute Gasteiger partial charge is 0.459 e. The van der Waals surface area contributed by atoms with E-state index >= 15 is 0 Å². The Bertz CT molecular complexity index is 400. The van der Waals surface area contributed by atoms with Crippen molar-refractivity contribution in [2.24, 2.45) is 22.7 Å². The van der Waals surface area contributed by atoms with E-state index in [0.717, 1.165) is 18.8 Å². The van der Waals surface area contributed by atoms with E-state index in [1.807, 2.05) is 0 Å². The highest BCUT2D eigenvalue weighted by Crippen LogP contribution is 2.65. The minimum absolute atomic E-state index is 0.0744. The molecule has 3 aliphatic carbocycles. The number of hydrogen-bond donors (Lipinski definition) is 0. The maximum Gasteiger partial charge on any atom is 0.303 e. The number of esters is 1. The molecule has 4 atom stereocenters. The lowest BCUT2D eigenvalue weighted by Crippen LogP contribution is -2.57. The van der Waals surface area contributed by atoms with Gasteiger partial charge in [-0.1, -0.05) is 20.8 Å². The van der Waals surface area contributed by atoms with Crippen LogP contribution >= 0.6 is 0 Å². The molecule has 108 valence electrons. The fraction of sp³-hybridized carbons (Fsp3) is 0.941. The molecule has 0 aromatic heterocycles. The minimum atomic E-state index is -0.129. The van der Waals surface area contributed by atoms with E-state index in [9.17, 15) is 4.79 Å². The van der Waals surface area contributed by atoms with Crippen LogP contribution in [-0.4, -0.2) is 11.6 Å². The number of hydrogen-bond acceptors (Lipinski definition) is 2. The zero-order valence-corrected chi connectivity index (χ0v) is 12.9. The van der Waals surface area contributed by atoms with Gasteiger partial charge < -0.3 is 4.74 Å². The van der Waals surface area contributed by atoms with Gasteiger partial charge in [-0.3, -0.25) is 4.79 Å². The quantitative estimate of drug-likeness (QED) is 0.659. The molecule has 2 heteroatoms. The van der Waals surface area contributed by atoms with E-state index in [1.165, 1.54) is 32.1 Å². The predicted octanol–water partition coefficient (Wildman–Crippen LogP) is 4.32. The van der Waals surface area contributed by atoms with E-state index < -0.39 is 0 Å². The van der Waals surface area contributed by atoms with Gasteiger partial charge in [0.1, 0.15) is 5.60 Å². The average Bonchev–Trinajstić information content (AvgIpc) is 2.30. The lowest BCUT2D eigenvalue weighted by molar-refractivity contribution is -0.199. The first-order valence-electron chi connectivity index (χ1n) is 7.96. The van der Waals surface area contributed by atoms with Crippen molar-refractivity contribution in [2.75, 3.05) is 0 Å². The van der Waals surface area contributed by atoms with Gasteiger partial charge in [0, 0.05) is 12.8 Å². The molecule has 0 amide bonds. The number of carbonyl (C=O) groups is 1. The van der Waals surface area contributed by atoms with Crippen LogP contribution in [0.15, 0.2) is 0 Å². The predicted molar refractivity (Wildman–Crippen MR) is 75.7 cm³/mol. The second kappa shape index (κ2) is 3.99. The van der Waals surface area contributed by atoms with Gasteiger partial charge in [-0.05, 0) is 61.7 Å². The average molecular weight is 264 g/mol. The lowest BCUT2D eigenvalue weighted by atomic mass is 9.49. The van der Waals surface area contributed by atoms with E-state index in [2.05, 4.69) is 20.8 Å². The highest BCUT2D eigenvalue weighted by Gasteiger charge is 2.62. The van der Waals surface area contributed by atoms with Crippen LogP contribution < -0.4 is 0 Å². The first kappa shape index (κ1) is 13.5. The summed E-state index contributed by atoms with van der Waals surface area (Å²) in [6.45, 7) is 8.80. The Hall–Kier alpha value is -0.530. The van der Waals surface area contributed by atoms with Gasteiger partial charge in [0.2, 0.25) is 0 Å². The molecule has 0 radical (unpaired) electrons. The van der Waals surface area contributed by atoms with Crippen LogP contribution in [0.2, 0.25) is 0 Å². The molecule has 0 unspecified atom stereocenters. The zero-order valence-electron chi connectivity index (χ0n) is 12.9. The summed E-state index contributed by atoms with van der Waals surface area (Å²) >= 11 is 0. The first-order valence-corrected chi connectivity index (χ1v) is 7.96. The van der Waals surface area contributed by atoms with Crippen molar-refractivity contribution in [2.45, 2.75) is 78.2 Å². The number of ether oxygens (including phenoxy) is 1. The molecule has 0 saturated heterocycles. The van der Waals surface area contributed by atoms with Crippen molar-refractivity contribution >= 4 is 5.97 Å². The fourth-order valence-electron chi connectivity index (χ4n) is 5.59. The van der Waals surface area contributed by atoms with Crippen LogP contribution in [0.5, 0.6) is 0 Å². The number of fused-ring (bicyclic) bond motifs is 4. The van der Waals surface area contributed by atoms with E-state index in [0.29, 0.717) is 16.7 Å². The zero-order chi connectivity index (χ0) is 13.9. The Labute approximate surface area is 117 Å². The van der Waals surface area contributed by atoms with Crippen LogP contribution in [0.4, 0.5) is 0 Å². The van der Waals surface area contributed by atoms with Gasteiger partial charge in [-0.15, -0.1) is 0 Å². The summed E-state index contributed by atoms with van der Waals surface area (Å²) in [6.07, 6.45) is 8.64. The van der Waals surface area contributed by atoms with Crippen molar-refractivity contribution < 1.29 is 9.53 Å². The van der Waals surface area contributed by atoms with Crippen LogP contribution in [0.1, 0.15) is 72.6 Å². The molecule has 2 nitrogen and oxygen atoms in total. The lowest BCUT2D eigenvalue weighted by Gasteiger charge is -2.59. The molecule has 0 N–H and O–H groups in total. The maximum atomic E-state index is 11.6. The normalized spacial score (nSPS) is 47.6. The third-order valence-corrected chi connectivity index (χ3v) is 6.42. The van der Waals surface area contributed by atoms with E-state index in [-0.39, 0.29) is 11.6 Å². The van der Waals surface area contributed by atoms with Gasteiger partial charge in [-0.25, -0.2) is 0 Å². The Morgan fingerprint density at radius 3 is 2.47 bits per heavy atom. The van der Waals surface area contributed by atoms with Gasteiger partial charge >= 0.3 is 5.97 Å². The Morgan fingerprint density at radius 2 is 1.84 bits per heavy atom. The summed E-state index contributed by atoms with van der Waals surface area (Å²) in [5.74, 6) is 1.30. The highest BCUT2D eigenvalue weighted by atomic mass is 16.6. The molecular formula is C17H28O2. The Balaban J connectivity index is 1.95. The molecule has 0 aromatic carbocycles. The van der Waals surface area contributed by atoms with Crippen LogP contribution in [0.25, 0.3) is 0 Å². The highest BCUT2D eigenvalue weighted by molar-refractivity contribution is 5.66. The third kappa shape index (κ3) is 2.02. The Morgan fingerprint density at radius 1 is 1.11 bits per heavy atom. The summed E-state index contributed by atoms with van der Waals surface area (Å²) in [6, 6.07) is 0. The second-order valence-electron chi connectivity index (χ2n) is 8.44. The summed E-state index contributed by atoms with van der Waals surface area (Å²) < 4.78 is 5.98. The van der Waals surface area contributed by atoms with E-state index in [1.54, 1.807) is 6.92 Å². The van der Waals surface area contributed by atoms with Crippen LogP contribution in [-0.2, 0) is 9.53 Å². The SMILES string of the molecule is CC(=O)O[C@@]12CCC[C@](C)(CC[C@H]3[C@H]1CC3(C)C)C2. The molecule has 0 aromatic rings. The second-order valence-corrected chi connectivity index (χ2v) is 8.44. The molecule has 0 spiro atoms. The van der Waals surface area contributed by atoms with Crippen LogP contribution in [0.3, 0.4) is 0 Å². The summed E-state index contributed by atoms with van der Waals surface area (Å²) in [7, 11) is 0. The molecule has 3 aliphatic rings. The monoisotopic (exact) mass is 264 g/mol. The van der Waals surface area contributed by atoms with Crippen molar-refractivity contribution in [3.05, 3.63) is 0 Å². The fourth-order valence-corrected chi connectivity index (χ4v) is 5.59. The number of carbonyl (C=O) groups excluding carboxylic acids is 1. The molecule has 3 saturated carbocycles. The number of rotatable bonds is 1. The molecule has 2 bridgehead atoms. The molecule has 3 rings (SSSR count). The molecule has 3 fully saturated rings. The van der Waals surface area contributed by atoms with Crippen molar-refractivity contribution in [3.8, 4) is 0 Å². The summed E-state index contributed by atoms with van der Waals surface area (Å²) in [5, 5.41) is 0. The van der Waals surface area contributed by atoms with Crippen LogP contribution in [0, 0.1) is 22.7 Å². The first-order chi connectivity index (χ1) is 8.77. The van der Waals surface area contributed by atoms with Crippen molar-refractivity contribution in [3.63, 3.8) is 0 Å². The summed E-state index contributed by atoms with van der Waals surface area (Å²) in [5.41, 5.74) is 0.724. The summed E-state index contributed by atoms with van der Waals surface area (Å²) in [4.78, 5) is 11.6. The molecule has 19 heavy (non-hydrogen) atoms. The smallest absolute Gasteiger partial charge is 0.303 e. The molecule has 0 heterocycles. The van der Waals surface area contributed by atoms with Gasteiger partial charge in [0.25, 0.3) is 0 Å². The standard InChI is InChI=1S/C17H28O2/c1-12(18)19-17-8-5-7-16(4,11-17)9-6-13-14(17)10-15(13,2)3/h13-14H,5-11H2,1-4H3/t13-,14+,16+,17+/m0/s1. The van der Waals surface area contributed by atoms with Crippen molar-refractivity contribution in [1.29, 1.82) is 0 Å². The van der Waals surface area contributed by atoms with Gasteiger partial charge in [0.05, 0.1) is 0 Å². The molecule has 0 aliphatic heterocycles. The molecular weight excluding hydrogens is 236 g/mol. The topological polar surface area (TPSA) is 26.3 Å². The minimum Gasteiger partial charge on any atom is -0.459 e. The van der Waals surface area contributed by atoms with Crippen molar-refractivity contribution in [1.82, 2.24) is 0 Å². The third-order valence-electron chi connectivity index (χ3n) is 6.42. The Kier molecular flexibility index (Phi) is 2.82. The van der Waals surface area contributed by atoms with E-state index in [4.69, 9.17) is 4.74 Å².